The molecule has 0 aliphatic carbocycles. The van der Waals surface area contributed by atoms with Gasteiger partial charge in [-0.25, -0.2) is 4.39 Å². The van der Waals surface area contributed by atoms with E-state index in [2.05, 4.69) is 5.32 Å². The smallest absolute Gasteiger partial charge is 0.123 e. The third kappa shape index (κ3) is 3.18. The fraction of sp³-hybridized carbons (Fsp3) is 0.538. The molecule has 94 valence electrons. The van der Waals surface area contributed by atoms with Gasteiger partial charge in [0, 0.05) is 23.6 Å². The highest BCUT2D eigenvalue weighted by atomic mass is 35.5. The van der Waals surface area contributed by atoms with Crippen LogP contribution in [0.5, 0.6) is 0 Å². The molecule has 2 rings (SSSR count). The summed E-state index contributed by atoms with van der Waals surface area (Å²) in [5.74, 6) is 0.121. The third-order valence-electron chi connectivity index (χ3n) is 3.33. The number of hydrogen-bond acceptors (Lipinski definition) is 2. The summed E-state index contributed by atoms with van der Waals surface area (Å²) in [4.78, 5) is 0. The van der Waals surface area contributed by atoms with E-state index in [4.69, 9.17) is 16.3 Å². The van der Waals surface area contributed by atoms with E-state index in [1.165, 1.54) is 12.1 Å². The molecule has 0 amide bonds. The number of halogens is 2. The Balaban J connectivity index is 2.10. The minimum absolute atomic E-state index is 0.234. The molecule has 17 heavy (non-hydrogen) atoms. The van der Waals surface area contributed by atoms with Gasteiger partial charge >= 0.3 is 0 Å². The summed E-state index contributed by atoms with van der Waals surface area (Å²) in [5, 5.41) is 3.92. The lowest BCUT2D eigenvalue weighted by atomic mass is 9.89. The molecule has 0 saturated carbocycles. The fourth-order valence-electron chi connectivity index (χ4n) is 2.36. The molecule has 0 aromatic heterocycles. The maximum atomic E-state index is 13.2. The standard InChI is InChI=1S/C13H17ClFNO/c1-16-13-4-5-17-8-10(13)6-9-7-11(15)2-3-12(9)14/h2-3,7,10,13,16H,4-6,8H2,1H3. The second-order valence-electron chi connectivity index (χ2n) is 4.46. The first-order valence-electron chi connectivity index (χ1n) is 5.89. The van der Waals surface area contributed by atoms with Gasteiger partial charge < -0.3 is 10.1 Å². The second-order valence-corrected chi connectivity index (χ2v) is 4.87. The second kappa shape index (κ2) is 5.80. The normalized spacial score (nSPS) is 24.9. The number of ether oxygens (including phenoxy) is 1. The molecule has 1 aromatic rings. The summed E-state index contributed by atoms with van der Waals surface area (Å²) in [6.45, 7) is 1.50. The number of rotatable bonds is 3. The van der Waals surface area contributed by atoms with Gasteiger partial charge in [0.25, 0.3) is 0 Å². The summed E-state index contributed by atoms with van der Waals surface area (Å²) in [7, 11) is 1.95. The van der Waals surface area contributed by atoms with Crippen LogP contribution >= 0.6 is 11.6 Å². The van der Waals surface area contributed by atoms with Crippen LogP contribution in [0.4, 0.5) is 4.39 Å². The van der Waals surface area contributed by atoms with Gasteiger partial charge in [-0.1, -0.05) is 11.6 Å². The van der Waals surface area contributed by atoms with Crippen molar-refractivity contribution in [2.24, 2.45) is 5.92 Å². The van der Waals surface area contributed by atoms with Crippen molar-refractivity contribution in [1.82, 2.24) is 5.32 Å². The van der Waals surface area contributed by atoms with Gasteiger partial charge in [0.05, 0.1) is 6.61 Å². The van der Waals surface area contributed by atoms with Gasteiger partial charge in [-0.2, -0.15) is 0 Å². The Morgan fingerprint density at radius 3 is 3.12 bits per heavy atom. The zero-order valence-electron chi connectivity index (χ0n) is 9.88. The summed E-state index contributed by atoms with van der Waals surface area (Å²) < 4.78 is 18.7. The molecule has 1 fully saturated rings. The molecule has 1 aromatic carbocycles. The molecule has 1 aliphatic heterocycles. The zero-order valence-corrected chi connectivity index (χ0v) is 10.6. The van der Waals surface area contributed by atoms with E-state index in [-0.39, 0.29) is 5.82 Å². The van der Waals surface area contributed by atoms with Crippen molar-refractivity contribution in [3.63, 3.8) is 0 Å². The predicted molar refractivity (Wildman–Crippen MR) is 66.9 cm³/mol. The lowest BCUT2D eigenvalue weighted by Crippen LogP contribution is -2.41. The third-order valence-corrected chi connectivity index (χ3v) is 3.70. The van der Waals surface area contributed by atoms with E-state index in [9.17, 15) is 4.39 Å². The molecular weight excluding hydrogens is 241 g/mol. The summed E-state index contributed by atoms with van der Waals surface area (Å²) in [5.41, 5.74) is 0.863. The van der Waals surface area contributed by atoms with Crippen molar-refractivity contribution in [3.05, 3.63) is 34.6 Å². The molecule has 2 nitrogen and oxygen atoms in total. The van der Waals surface area contributed by atoms with Gasteiger partial charge in [0.2, 0.25) is 0 Å². The van der Waals surface area contributed by atoms with Crippen LogP contribution < -0.4 is 5.32 Å². The Morgan fingerprint density at radius 1 is 1.53 bits per heavy atom. The average Bonchev–Trinajstić information content (AvgIpc) is 2.34. The summed E-state index contributed by atoms with van der Waals surface area (Å²) >= 11 is 6.08. The van der Waals surface area contributed by atoms with E-state index < -0.39 is 0 Å². The van der Waals surface area contributed by atoms with E-state index in [0.29, 0.717) is 23.6 Å². The van der Waals surface area contributed by atoms with Crippen LogP contribution in [0, 0.1) is 11.7 Å². The van der Waals surface area contributed by atoms with Gasteiger partial charge in [-0.3, -0.25) is 0 Å². The molecule has 0 bridgehead atoms. The van der Waals surface area contributed by atoms with Gasteiger partial charge in [0.15, 0.2) is 0 Å². The lowest BCUT2D eigenvalue weighted by molar-refractivity contribution is 0.0342. The van der Waals surface area contributed by atoms with E-state index in [0.717, 1.165) is 25.0 Å². The van der Waals surface area contributed by atoms with E-state index >= 15 is 0 Å². The molecular formula is C13H17ClFNO. The van der Waals surface area contributed by atoms with Crippen molar-refractivity contribution in [3.8, 4) is 0 Å². The van der Waals surface area contributed by atoms with Crippen LogP contribution in [0.25, 0.3) is 0 Å². The summed E-state index contributed by atoms with van der Waals surface area (Å²) in [6.07, 6.45) is 1.75. The van der Waals surface area contributed by atoms with Crippen LogP contribution in [-0.4, -0.2) is 26.3 Å². The monoisotopic (exact) mass is 257 g/mol. The largest absolute Gasteiger partial charge is 0.381 e. The van der Waals surface area contributed by atoms with Gasteiger partial charge in [-0.05, 0) is 43.7 Å². The van der Waals surface area contributed by atoms with Crippen LogP contribution in [0.15, 0.2) is 18.2 Å². The zero-order chi connectivity index (χ0) is 12.3. The molecule has 1 heterocycles. The Hall–Kier alpha value is -0.640. The fourth-order valence-corrected chi connectivity index (χ4v) is 2.55. The first-order chi connectivity index (χ1) is 8.20. The Kier molecular flexibility index (Phi) is 4.37. The first-order valence-corrected chi connectivity index (χ1v) is 6.27. The van der Waals surface area contributed by atoms with Crippen molar-refractivity contribution in [2.75, 3.05) is 20.3 Å². The lowest BCUT2D eigenvalue weighted by Gasteiger charge is -2.31. The number of benzene rings is 1. The van der Waals surface area contributed by atoms with Crippen molar-refractivity contribution < 1.29 is 9.13 Å². The molecule has 0 radical (unpaired) electrons. The van der Waals surface area contributed by atoms with Gasteiger partial charge in [0.1, 0.15) is 5.82 Å². The van der Waals surface area contributed by atoms with Gasteiger partial charge in [-0.15, -0.1) is 0 Å². The molecule has 1 aliphatic rings. The maximum absolute atomic E-state index is 13.2. The average molecular weight is 258 g/mol. The number of hydrogen-bond donors (Lipinski definition) is 1. The maximum Gasteiger partial charge on any atom is 0.123 e. The van der Waals surface area contributed by atoms with Crippen LogP contribution in [-0.2, 0) is 11.2 Å². The van der Waals surface area contributed by atoms with E-state index in [1.807, 2.05) is 7.05 Å². The predicted octanol–water partition coefficient (Wildman–Crippen LogP) is 2.65. The molecule has 4 heteroatoms. The minimum atomic E-state index is -0.234. The highest BCUT2D eigenvalue weighted by molar-refractivity contribution is 6.31. The van der Waals surface area contributed by atoms with Crippen LogP contribution in [0.2, 0.25) is 5.02 Å². The van der Waals surface area contributed by atoms with Crippen LogP contribution in [0.1, 0.15) is 12.0 Å². The highest BCUT2D eigenvalue weighted by Gasteiger charge is 2.25. The molecule has 2 atom stereocenters. The SMILES string of the molecule is CNC1CCOCC1Cc1cc(F)ccc1Cl. The van der Waals surface area contributed by atoms with Crippen molar-refractivity contribution >= 4 is 11.6 Å². The summed E-state index contributed by atoms with van der Waals surface area (Å²) in [6, 6.07) is 4.94. The highest BCUT2D eigenvalue weighted by Crippen LogP contribution is 2.24. The minimum Gasteiger partial charge on any atom is -0.381 e. The van der Waals surface area contributed by atoms with Crippen LogP contribution in [0.3, 0.4) is 0 Å². The quantitative estimate of drug-likeness (QED) is 0.899. The molecule has 1 saturated heterocycles. The molecule has 1 N–H and O–H groups in total. The molecule has 2 unspecified atom stereocenters. The Bertz CT molecular complexity index is 386. The Labute approximate surface area is 106 Å². The molecule has 0 spiro atoms. The van der Waals surface area contributed by atoms with Crippen molar-refractivity contribution in [1.29, 1.82) is 0 Å². The number of nitrogens with one attached hydrogen (secondary N) is 1. The first kappa shape index (κ1) is 12.8. The van der Waals surface area contributed by atoms with Crippen molar-refractivity contribution in [2.45, 2.75) is 18.9 Å². The topological polar surface area (TPSA) is 21.3 Å². The Morgan fingerprint density at radius 2 is 2.35 bits per heavy atom. The van der Waals surface area contributed by atoms with E-state index in [1.54, 1.807) is 6.07 Å².